The Bertz CT molecular complexity index is 362. The number of nitrogens with one attached hydrogen (secondary N) is 1. The molecule has 1 aromatic carbocycles. The van der Waals surface area contributed by atoms with Crippen LogP contribution in [0.2, 0.25) is 0 Å². The van der Waals surface area contributed by atoms with Gasteiger partial charge >= 0.3 is 0 Å². The van der Waals surface area contributed by atoms with Crippen LogP contribution in [0.4, 0.5) is 0 Å². The van der Waals surface area contributed by atoms with Crippen LogP contribution in [0.15, 0.2) is 24.3 Å². The maximum atomic E-state index is 5.50. The van der Waals surface area contributed by atoms with Gasteiger partial charge in [-0.05, 0) is 31.7 Å². The number of ether oxygens (including phenoxy) is 1. The summed E-state index contributed by atoms with van der Waals surface area (Å²) in [6, 6.07) is 8.28. The molecular weight excluding hydrogens is 226 g/mol. The minimum atomic E-state index is 0.718. The van der Waals surface area contributed by atoms with Crippen LogP contribution in [0.1, 0.15) is 12.5 Å². The third kappa shape index (κ3) is 3.98. The molecule has 1 N–H and O–H groups in total. The second-order valence-electron chi connectivity index (χ2n) is 4.71. The van der Waals surface area contributed by atoms with Crippen molar-refractivity contribution in [2.45, 2.75) is 13.5 Å². The first-order valence-corrected chi connectivity index (χ1v) is 6.66. The Morgan fingerprint density at radius 1 is 1.22 bits per heavy atom. The van der Waals surface area contributed by atoms with Crippen LogP contribution in [0.3, 0.4) is 0 Å². The molecule has 1 aromatic rings. The zero-order chi connectivity index (χ0) is 12.8. The molecule has 1 aliphatic heterocycles. The van der Waals surface area contributed by atoms with Gasteiger partial charge in [-0.25, -0.2) is 5.01 Å². The summed E-state index contributed by atoms with van der Waals surface area (Å²) in [6.07, 6.45) is 0. The van der Waals surface area contributed by atoms with Crippen molar-refractivity contribution in [2.75, 3.05) is 39.8 Å². The lowest BCUT2D eigenvalue weighted by molar-refractivity contribution is 0.102. The Morgan fingerprint density at radius 3 is 2.72 bits per heavy atom. The number of benzene rings is 1. The molecule has 2 rings (SSSR count). The Morgan fingerprint density at radius 2 is 2.00 bits per heavy atom. The van der Waals surface area contributed by atoms with Crippen LogP contribution < -0.4 is 10.2 Å². The number of piperazine rings is 1. The van der Waals surface area contributed by atoms with Gasteiger partial charge in [0.25, 0.3) is 0 Å². The molecule has 1 fully saturated rings. The van der Waals surface area contributed by atoms with Crippen LogP contribution >= 0.6 is 0 Å². The molecule has 0 radical (unpaired) electrons. The molecule has 4 heteroatoms. The van der Waals surface area contributed by atoms with Crippen molar-refractivity contribution in [3.8, 4) is 5.75 Å². The van der Waals surface area contributed by atoms with Gasteiger partial charge in [-0.1, -0.05) is 12.1 Å². The van der Waals surface area contributed by atoms with Gasteiger partial charge in [0, 0.05) is 32.7 Å². The van der Waals surface area contributed by atoms with Gasteiger partial charge in [0.1, 0.15) is 5.75 Å². The Kier molecular flexibility index (Phi) is 4.99. The quantitative estimate of drug-likeness (QED) is 0.852. The first-order valence-electron chi connectivity index (χ1n) is 6.66. The minimum Gasteiger partial charge on any atom is -0.494 e. The largest absolute Gasteiger partial charge is 0.494 e. The fourth-order valence-electron chi connectivity index (χ4n) is 2.08. The molecule has 1 heterocycles. The van der Waals surface area contributed by atoms with Gasteiger partial charge in [0.15, 0.2) is 0 Å². The predicted molar refractivity (Wildman–Crippen MR) is 73.5 cm³/mol. The van der Waals surface area contributed by atoms with Crippen molar-refractivity contribution in [1.29, 1.82) is 0 Å². The lowest BCUT2D eigenvalue weighted by Gasteiger charge is -2.32. The topological polar surface area (TPSA) is 27.7 Å². The zero-order valence-electron chi connectivity index (χ0n) is 11.4. The Hall–Kier alpha value is -1.10. The van der Waals surface area contributed by atoms with E-state index in [9.17, 15) is 0 Å². The molecule has 0 amide bonds. The summed E-state index contributed by atoms with van der Waals surface area (Å²) < 4.78 is 5.50. The highest BCUT2D eigenvalue weighted by atomic mass is 16.5. The van der Waals surface area contributed by atoms with E-state index in [1.807, 2.05) is 19.1 Å². The molecule has 0 saturated carbocycles. The van der Waals surface area contributed by atoms with Crippen molar-refractivity contribution < 1.29 is 4.74 Å². The van der Waals surface area contributed by atoms with Crippen LogP contribution in [0, 0.1) is 0 Å². The minimum absolute atomic E-state index is 0.718. The first kappa shape index (κ1) is 13.3. The second kappa shape index (κ2) is 6.73. The van der Waals surface area contributed by atoms with Crippen molar-refractivity contribution in [3.05, 3.63) is 29.8 Å². The fourth-order valence-corrected chi connectivity index (χ4v) is 2.08. The van der Waals surface area contributed by atoms with E-state index in [0.717, 1.165) is 45.1 Å². The number of nitrogens with zero attached hydrogens (tertiary/aromatic N) is 2. The molecule has 1 saturated heterocycles. The molecule has 0 unspecified atom stereocenters. The lowest BCUT2D eigenvalue weighted by Crippen LogP contribution is -2.50. The highest BCUT2D eigenvalue weighted by Gasteiger charge is 2.12. The molecular formula is C14H23N3O. The van der Waals surface area contributed by atoms with E-state index in [4.69, 9.17) is 4.74 Å². The van der Waals surface area contributed by atoms with E-state index < -0.39 is 0 Å². The average molecular weight is 249 g/mol. The predicted octanol–water partition coefficient (Wildman–Crippen LogP) is 1.34. The number of hydrazine groups is 1. The monoisotopic (exact) mass is 249 g/mol. The summed E-state index contributed by atoms with van der Waals surface area (Å²) in [5.41, 5.74) is 4.74. The Balaban J connectivity index is 1.80. The van der Waals surface area contributed by atoms with Gasteiger partial charge in [0.2, 0.25) is 0 Å². The van der Waals surface area contributed by atoms with E-state index in [-0.39, 0.29) is 0 Å². The zero-order valence-corrected chi connectivity index (χ0v) is 11.4. The maximum absolute atomic E-state index is 5.50. The first-order chi connectivity index (χ1) is 8.78. The fraction of sp³-hybridized carbons (Fsp3) is 0.571. The van der Waals surface area contributed by atoms with E-state index in [1.165, 1.54) is 5.56 Å². The third-order valence-electron chi connectivity index (χ3n) is 3.22. The summed E-state index contributed by atoms with van der Waals surface area (Å²) in [5, 5.41) is 2.30. The van der Waals surface area contributed by atoms with E-state index in [2.05, 4.69) is 34.5 Å². The summed E-state index contributed by atoms with van der Waals surface area (Å²) in [7, 11) is 2.17. The summed E-state index contributed by atoms with van der Waals surface area (Å²) >= 11 is 0. The van der Waals surface area contributed by atoms with Crippen molar-refractivity contribution in [2.24, 2.45) is 0 Å². The van der Waals surface area contributed by atoms with Gasteiger partial charge in [-0.2, -0.15) is 0 Å². The smallest absolute Gasteiger partial charge is 0.119 e. The molecule has 0 spiro atoms. The molecule has 100 valence electrons. The van der Waals surface area contributed by atoms with Gasteiger partial charge < -0.3 is 9.64 Å². The highest BCUT2D eigenvalue weighted by Crippen LogP contribution is 2.13. The van der Waals surface area contributed by atoms with Gasteiger partial charge in [-0.3, -0.25) is 5.43 Å². The molecule has 0 bridgehead atoms. The van der Waals surface area contributed by atoms with E-state index in [1.54, 1.807) is 0 Å². The van der Waals surface area contributed by atoms with Crippen LogP contribution in [-0.4, -0.2) is 49.7 Å². The third-order valence-corrected chi connectivity index (χ3v) is 3.22. The van der Waals surface area contributed by atoms with Crippen LogP contribution in [0.5, 0.6) is 5.75 Å². The molecule has 0 aliphatic carbocycles. The van der Waals surface area contributed by atoms with Crippen molar-refractivity contribution >= 4 is 0 Å². The summed E-state index contributed by atoms with van der Waals surface area (Å²) in [5.74, 6) is 0.954. The van der Waals surface area contributed by atoms with E-state index in [0.29, 0.717) is 0 Å². The number of hydrogen-bond acceptors (Lipinski definition) is 4. The number of likely N-dealkylation sites (N-methyl/N-ethyl adjacent to an activating group) is 1. The normalized spacial score (nSPS) is 17.9. The number of rotatable bonds is 5. The molecule has 0 atom stereocenters. The SMILES string of the molecule is CCOc1cccc(CNN2CCN(C)CC2)c1. The van der Waals surface area contributed by atoms with E-state index >= 15 is 0 Å². The Labute approximate surface area is 109 Å². The maximum Gasteiger partial charge on any atom is 0.119 e. The average Bonchev–Trinajstić information content (AvgIpc) is 2.39. The molecule has 18 heavy (non-hydrogen) atoms. The van der Waals surface area contributed by atoms with Crippen molar-refractivity contribution in [1.82, 2.24) is 15.3 Å². The second-order valence-corrected chi connectivity index (χ2v) is 4.71. The molecule has 1 aliphatic rings. The highest BCUT2D eigenvalue weighted by molar-refractivity contribution is 5.28. The standard InChI is InChI=1S/C14H23N3O/c1-3-18-14-6-4-5-13(11-14)12-15-17-9-7-16(2)8-10-17/h4-6,11,15H,3,7-10,12H2,1-2H3. The van der Waals surface area contributed by atoms with Crippen LogP contribution in [0.25, 0.3) is 0 Å². The molecule has 0 aromatic heterocycles. The van der Waals surface area contributed by atoms with Gasteiger partial charge in [0.05, 0.1) is 6.61 Å². The molecule has 4 nitrogen and oxygen atoms in total. The van der Waals surface area contributed by atoms with Crippen molar-refractivity contribution in [3.63, 3.8) is 0 Å². The summed E-state index contributed by atoms with van der Waals surface area (Å²) in [6.45, 7) is 8.02. The summed E-state index contributed by atoms with van der Waals surface area (Å²) in [4.78, 5) is 2.36. The van der Waals surface area contributed by atoms with Gasteiger partial charge in [-0.15, -0.1) is 0 Å². The lowest BCUT2D eigenvalue weighted by atomic mass is 10.2. The van der Waals surface area contributed by atoms with Crippen LogP contribution in [-0.2, 0) is 6.54 Å². The number of hydrogen-bond donors (Lipinski definition) is 1.